The average molecular weight is 365 g/mol. The van der Waals surface area contributed by atoms with Crippen molar-refractivity contribution >= 4 is 10.1 Å². The van der Waals surface area contributed by atoms with Crippen LogP contribution in [0.3, 0.4) is 0 Å². The molecular weight excluding hydrogens is 331 g/mol. The van der Waals surface area contributed by atoms with Crippen molar-refractivity contribution in [1.29, 1.82) is 0 Å². The number of benzene rings is 1. The Kier molecular flexibility index (Phi) is 19.7. The van der Waals surface area contributed by atoms with Crippen LogP contribution in [0, 0.1) is 0 Å². The van der Waals surface area contributed by atoms with Crippen molar-refractivity contribution < 1.29 is 42.5 Å². The van der Waals surface area contributed by atoms with Crippen molar-refractivity contribution in [2.45, 2.75) is 77.6 Å². The standard InChI is InChI=1S/C18H30.CH4O3S.Na/c1-2-3-4-5-6-7-8-9-10-12-15-18-16-13-11-14-17-18;1-5(2,3)4;/h11,13-14,16-17H,2-10,12,15H2,1H3;1H3,(H,2,3,4);/q;;+1/p-1. The van der Waals surface area contributed by atoms with Gasteiger partial charge in [-0.15, -0.1) is 0 Å². The van der Waals surface area contributed by atoms with E-state index in [-0.39, 0.29) is 29.6 Å². The molecule has 0 radical (unpaired) electrons. The van der Waals surface area contributed by atoms with E-state index in [1.54, 1.807) is 0 Å². The molecule has 0 saturated carbocycles. The van der Waals surface area contributed by atoms with Gasteiger partial charge in [0.2, 0.25) is 0 Å². The summed E-state index contributed by atoms with van der Waals surface area (Å²) in [5.74, 6) is 0. The first-order chi connectivity index (χ1) is 10.9. The summed E-state index contributed by atoms with van der Waals surface area (Å²) in [7, 11) is -3.92. The van der Waals surface area contributed by atoms with Gasteiger partial charge in [-0.05, 0) is 18.4 Å². The van der Waals surface area contributed by atoms with Crippen LogP contribution in [0.1, 0.15) is 76.7 Å². The van der Waals surface area contributed by atoms with Gasteiger partial charge in [0.25, 0.3) is 0 Å². The molecule has 134 valence electrons. The molecule has 0 aliphatic heterocycles. The normalized spacial score (nSPS) is 10.5. The molecule has 0 aliphatic carbocycles. The topological polar surface area (TPSA) is 57.2 Å². The van der Waals surface area contributed by atoms with E-state index in [9.17, 15) is 0 Å². The molecular formula is C19H33NaO3S. The minimum absolute atomic E-state index is 0. The van der Waals surface area contributed by atoms with Crippen LogP contribution in [0.25, 0.3) is 0 Å². The Morgan fingerprint density at radius 3 is 1.58 bits per heavy atom. The third-order valence-electron chi connectivity index (χ3n) is 3.66. The number of unbranched alkanes of at least 4 members (excludes halogenated alkanes) is 9. The molecule has 0 bridgehead atoms. The molecule has 0 unspecified atom stereocenters. The van der Waals surface area contributed by atoms with Crippen LogP contribution in [-0.4, -0.2) is 19.2 Å². The van der Waals surface area contributed by atoms with E-state index in [2.05, 4.69) is 37.3 Å². The van der Waals surface area contributed by atoms with Gasteiger partial charge >= 0.3 is 29.6 Å². The third kappa shape index (κ3) is 24.4. The Bertz CT molecular complexity index is 453. The summed E-state index contributed by atoms with van der Waals surface area (Å²) in [6.07, 6.45) is 16.1. The molecule has 0 atom stereocenters. The van der Waals surface area contributed by atoms with Crippen LogP contribution in [0.5, 0.6) is 0 Å². The molecule has 5 heteroatoms. The van der Waals surface area contributed by atoms with E-state index < -0.39 is 10.1 Å². The van der Waals surface area contributed by atoms with Gasteiger partial charge in [-0.2, -0.15) is 0 Å². The molecule has 0 fully saturated rings. The first-order valence-electron chi connectivity index (χ1n) is 8.88. The van der Waals surface area contributed by atoms with Crippen LogP contribution in [0.2, 0.25) is 0 Å². The van der Waals surface area contributed by atoms with Crippen molar-refractivity contribution in [2.24, 2.45) is 0 Å². The molecule has 1 aromatic carbocycles. The predicted octanol–water partition coefficient (Wildman–Crippen LogP) is 2.32. The van der Waals surface area contributed by atoms with Crippen LogP contribution >= 0.6 is 0 Å². The second kappa shape index (κ2) is 17.9. The van der Waals surface area contributed by atoms with Crippen molar-refractivity contribution in [3.8, 4) is 0 Å². The fourth-order valence-electron chi connectivity index (χ4n) is 2.46. The Morgan fingerprint density at radius 2 is 1.17 bits per heavy atom. The van der Waals surface area contributed by atoms with Crippen molar-refractivity contribution in [3.63, 3.8) is 0 Å². The number of aryl methyl sites for hydroxylation is 1. The van der Waals surface area contributed by atoms with E-state index in [1.165, 1.54) is 76.2 Å². The summed E-state index contributed by atoms with van der Waals surface area (Å²) in [5, 5.41) is 0. The second-order valence-electron chi connectivity index (χ2n) is 6.12. The van der Waals surface area contributed by atoms with E-state index >= 15 is 0 Å². The van der Waals surface area contributed by atoms with Gasteiger partial charge in [0.15, 0.2) is 0 Å². The monoisotopic (exact) mass is 364 g/mol. The van der Waals surface area contributed by atoms with Gasteiger partial charge in [0, 0.05) is 6.26 Å². The fourth-order valence-corrected chi connectivity index (χ4v) is 2.46. The van der Waals surface area contributed by atoms with Crippen LogP contribution in [-0.2, 0) is 16.5 Å². The molecule has 3 nitrogen and oxygen atoms in total. The smallest absolute Gasteiger partial charge is 0.748 e. The van der Waals surface area contributed by atoms with E-state index in [0.29, 0.717) is 6.26 Å². The molecule has 0 spiro atoms. The molecule has 0 saturated heterocycles. The Morgan fingerprint density at radius 1 is 0.792 bits per heavy atom. The maximum atomic E-state index is 9.08. The largest absolute Gasteiger partial charge is 1.00 e. The van der Waals surface area contributed by atoms with Gasteiger partial charge in [0.05, 0.1) is 10.1 Å². The molecule has 0 N–H and O–H groups in total. The van der Waals surface area contributed by atoms with Gasteiger partial charge in [-0.1, -0.05) is 95.0 Å². The Labute approximate surface area is 171 Å². The van der Waals surface area contributed by atoms with Crippen LogP contribution < -0.4 is 29.6 Å². The summed E-state index contributed by atoms with van der Waals surface area (Å²) in [4.78, 5) is 0. The molecule has 1 aromatic rings. The number of hydrogen-bond acceptors (Lipinski definition) is 3. The quantitative estimate of drug-likeness (QED) is 0.344. The van der Waals surface area contributed by atoms with Gasteiger partial charge < -0.3 is 4.55 Å². The van der Waals surface area contributed by atoms with Gasteiger partial charge in [-0.3, -0.25) is 0 Å². The summed E-state index contributed by atoms with van der Waals surface area (Å²) < 4.78 is 27.2. The van der Waals surface area contributed by atoms with Crippen LogP contribution in [0.4, 0.5) is 0 Å². The molecule has 0 aromatic heterocycles. The Hall–Kier alpha value is 0.130. The molecule has 0 heterocycles. The van der Waals surface area contributed by atoms with Gasteiger partial charge in [0.1, 0.15) is 0 Å². The number of rotatable bonds is 11. The van der Waals surface area contributed by atoms with Crippen molar-refractivity contribution in [3.05, 3.63) is 35.9 Å². The van der Waals surface area contributed by atoms with Gasteiger partial charge in [-0.25, -0.2) is 8.42 Å². The van der Waals surface area contributed by atoms with E-state index in [4.69, 9.17) is 13.0 Å². The predicted molar refractivity (Wildman–Crippen MR) is 97.6 cm³/mol. The summed E-state index contributed by atoms with van der Waals surface area (Å²) in [6, 6.07) is 10.9. The molecule has 24 heavy (non-hydrogen) atoms. The number of hydrogen-bond donors (Lipinski definition) is 0. The molecule has 1 rings (SSSR count). The first-order valence-corrected chi connectivity index (χ1v) is 10.7. The van der Waals surface area contributed by atoms with Crippen molar-refractivity contribution in [1.82, 2.24) is 0 Å². The first kappa shape index (κ1) is 26.4. The molecule has 0 amide bonds. The van der Waals surface area contributed by atoms with Crippen molar-refractivity contribution in [2.75, 3.05) is 6.26 Å². The zero-order valence-corrected chi connectivity index (χ0v) is 18.6. The van der Waals surface area contributed by atoms with Crippen LogP contribution in [0.15, 0.2) is 30.3 Å². The molecule has 0 aliphatic rings. The minimum atomic E-state index is -3.92. The van der Waals surface area contributed by atoms with E-state index in [1.807, 2.05) is 0 Å². The fraction of sp³-hybridized carbons (Fsp3) is 0.684. The summed E-state index contributed by atoms with van der Waals surface area (Å²) in [6.45, 7) is 2.28. The van der Waals surface area contributed by atoms with E-state index in [0.717, 1.165) is 0 Å². The second-order valence-corrected chi connectivity index (χ2v) is 7.53. The average Bonchev–Trinajstić information content (AvgIpc) is 2.48. The Balaban J connectivity index is 0. The third-order valence-corrected chi connectivity index (χ3v) is 3.66. The summed E-state index contributed by atoms with van der Waals surface area (Å²) in [5.41, 5.74) is 1.50. The maximum absolute atomic E-state index is 9.08. The zero-order valence-electron chi connectivity index (χ0n) is 15.8. The maximum Gasteiger partial charge on any atom is 1.00 e. The minimum Gasteiger partial charge on any atom is -0.748 e. The summed E-state index contributed by atoms with van der Waals surface area (Å²) >= 11 is 0. The SMILES string of the molecule is CCCCCCCCCCCCc1ccccc1.CS(=O)(=O)[O-].[Na+]. The zero-order chi connectivity index (χ0) is 17.4.